The van der Waals surface area contributed by atoms with Gasteiger partial charge in [0.05, 0.1) is 5.69 Å². The summed E-state index contributed by atoms with van der Waals surface area (Å²) in [5, 5.41) is 4.93. The number of carbonyl (C=O) groups is 1. The molecular weight excluding hydrogens is 416 g/mol. The van der Waals surface area contributed by atoms with Gasteiger partial charge in [-0.15, -0.1) is 11.3 Å². The van der Waals surface area contributed by atoms with E-state index in [2.05, 4.69) is 15.3 Å². The highest BCUT2D eigenvalue weighted by molar-refractivity contribution is 7.13. The molecule has 1 N–H and O–H groups in total. The molecule has 1 saturated heterocycles. The van der Waals surface area contributed by atoms with Crippen LogP contribution in [0.1, 0.15) is 16.2 Å². The van der Waals surface area contributed by atoms with E-state index >= 15 is 0 Å². The minimum atomic E-state index is 0.0736. The van der Waals surface area contributed by atoms with Gasteiger partial charge in [-0.05, 0) is 24.3 Å². The first-order valence-electron chi connectivity index (χ1n) is 9.95. The second-order valence-electron chi connectivity index (χ2n) is 7.49. The van der Waals surface area contributed by atoms with Crippen molar-refractivity contribution in [3.8, 4) is 10.6 Å². The van der Waals surface area contributed by atoms with E-state index < -0.39 is 0 Å². The molecule has 152 valence electrons. The van der Waals surface area contributed by atoms with Gasteiger partial charge in [-0.1, -0.05) is 41.9 Å². The number of fused-ring (bicyclic) bond motifs is 1. The average molecular weight is 437 g/mol. The van der Waals surface area contributed by atoms with Crippen LogP contribution in [0.2, 0.25) is 5.02 Å². The molecule has 30 heavy (non-hydrogen) atoms. The molecule has 0 aliphatic carbocycles. The van der Waals surface area contributed by atoms with Crippen LogP contribution in [0.4, 0.5) is 0 Å². The molecule has 1 fully saturated rings. The summed E-state index contributed by atoms with van der Waals surface area (Å²) in [5.41, 5.74) is 3.82. The van der Waals surface area contributed by atoms with Gasteiger partial charge in [0.15, 0.2) is 0 Å². The van der Waals surface area contributed by atoms with Crippen molar-refractivity contribution in [2.75, 3.05) is 26.2 Å². The summed E-state index contributed by atoms with van der Waals surface area (Å²) in [7, 11) is 0. The number of para-hydroxylation sites is 1. The van der Waals surface area contributed by atoms with E-state index in [-0.39, 0.29) is 5.91 Å². The normalized spacial score (nSPS) is 15.0. The smallest absolute Gasteiger partial charge is 0.270 e. The first-order chi connectivity index (χ1) is 14.7. The lowest BCUT2D eigenvalue weighted by molar-refractivity contribution is 0.0622. The van der Waals surface area contributed by atoms with Gasteiger partial charge in [0, 0.05) is 59.6 Å². The Hall–Kier alpha value is -2.67. The zero-order valence-electron chi connectivity index (χ0n) is 16.3. The van der Waals surface area contributed by atoms with Gasteiger partial charge >= 0.3 is 0 Å². The standard InChI is InChI=1S/C23H21ClN4OS/c24-18-7-5-16(6-8-18)22-25-19(15-30-22)14-27-9-11-28(12-10-27)23(29)21-13-17-3-1-2-4-20(17)26-21/h1-8,13,15,26H,9-12,14H2. The SMILES string of the molecule is O=C(c1cc2ccccc2[nH]1)N1CCN(Cc2csc(-c3ccc(Cl)cc3)n2)CC1. The lowest BCUT2D eigenvalue weighted by Gasteiger charge is -2.34. The van der Waals surface area contributed by atoms with E-state index in [0.717, 1.165) is 64.9 Å². The molecule has 7 heteroatoms. The minimum Gasteiger partial charge on any atom is -0.351 e. The Morgan fingerprint density at radius 3 is 2.60 bits per heavy atom. The van der Waals surface area contributed by atoms with Crippen molar-refractivity contribution >= 4 is 39.7 Å². The largest absolute Gasteiger partial charge is 0.351 e. The molecular formula is C23H21ClN4OS. The van der Waals surface area contributed by atoms with Crippen molar-refractivity contribution in [2.24, 2.45) is 0 Å². The van der Waals surface area contributed by atoms with Crippen LogP contribution in [0.15, 0.2) is 60.0 Å². The number of piperazine rings is 1. The van der Waals surface area contributed by atoms with E-state index in [1.54, 1.807) is 11.3 Å². The molecule has 1 amide bonds. The number of aromatic amines is 1. The van der Waals surface area contributed by atoms with Crippen LogP contribution >= 0.6 is 22.9 Å². The minimum absolute atomic E-state index is 0.0736. The zero-order chi connectivity index (χ0) is 20.5. The number of rotatable bonds is 4. The second-order valence-corrected chi connectivity index (χ2v) is 8.78. The third-order valence-corrected chi connectivity index (χ3v) is 6.64. The molecule has 0 radical (unpaired) electrons. The summed E-state index contributed by atoms with van der Waals surface area (Å²) in [6.07, 6.45) is 0. The van der Waals surface area contributed by atoms with Crippen LogP contribution in [0.5, 0.6) is 0 Å². The van der Waals surface area contributed by atoms with Crippen molar-refractivity contribution in [3.63, 3.8) is 0 Å². The number of nitrogens with zero attached hydrogens (tertiary/aromatic N) is 3. The molecule has 4 aromatic rings. The molecule has 0 unspecified atom stereocenters. The maximum Gasteiger partial charge on any atom is 0.270 e. The van der Waals surface area contributed by atoms with E-state index in [0.29, 0.717) is 5.69 Å². The number of benzene rings is 2. The molecule has 5 rings (SSSR count). The van der Waals surface area contributed by atoms with E-state index in [1.165, 1.54) is 0 Å². The molecule has 5 nitrogen and oxygen atoms in total. The van der Waals surface area contributed by atoms with Gasteiger partial charge in [-0.25, -0.2) is 4.98 Å². The molecule has 1 aliphatic heterocycles. The predicted octanol–water partition coefficient (Wildman–Crippen LogP) is 4.90. The van der Waals surface area contributed by atoms with Crippen molar-refractivity contribution in [3.05, 3.63) is 76.4 Å². The summed E-state index contributed by atoms with van der Waals surface area (Å²) in [4.78, 5) is 25.2. The fourth-order valence-corrected chi connectivity index (χ4v) is 4.74. The van der Waals surface area contributed by atoms with Crippen molar-refractivity contribution in [2.45, 2.75) is 6.54 Å². The molecule has 0 spiro atoms. The van der Waals surface area contributed by atoms with Gasteiger partial charge in [0.1, 0.15) is 10.7 Å². The highest BCUT2D eigenvalue weighted by atomic mass is 35.5. The van der Waals surface area contributed by atoms with Crippen LogP contribution in [-0.2, 0) is 6.54 Å². The Labute approximate surface area is 183 Å². The molecule has 1 aliphatic rings. The Kier molecular flexibility index (Phi) is 5.29. The molecule has 0 atom stereocenters. The highest BCUT2D eigenvalue weighted by Gasteiger charge is 2.23. The number of halogens is 1. The Bertz CT molecular complexity index is 1140. The van der Waals surface area contributed by atoms with Crippen molar-refractivity contribution in [1.29, 1.82) is 0 Å². The first kappa shape index (κ1) is 19.3. The number of H-pyrrole nitrogens is 1. The summed E-state index contributed by atoms with van der Waals surface area (Å²) < 4.78 is 0. The van der Waals surface area contributed by atoms with Gasteiger partial charge < -0.3 is 9.88 Å². The molecule has 2 aromatic carbocycles. The third-order valence-electron chi connectivity index (χ3n) is 5.45. The van der Waals surface area contributed by atoms with Crippen molar-refractivity contribution < 1.29 is 4.79 Å². The molecule has 0 saturated carbocycles. The van der Waals surface area contributed by atoms with E-state index in [4.69, 9.17) is 16.6 Å². The fourth-order valence-electron chi connectivity index (χ4n) is 3.80. The molecule has 0 bridgehead atoms. The maximum absolute atomic E-state index is 12.9. The van der Waals surface area contributed by atoms with Crippen molar-refractivity contribution in [1.82, 2.24) is 19.8 Å². The number of carbonyl (C=O) groups excluding carboxylic acids is 1. The number of hydrogen-bond donors (Lipinski definition) is 1. The summed E-state index contributed by atoms with van der Waals surface area (Å²) in [6.45, 7) is 3.95. The van der Waals surface area contributed by atoms with E-state index in [9.17, 15) is 4.79 Å². The maximum atomic E-state index is 12.9. The first-order valence-corrected chi connectivity index (χ1v) is 11.2. The predicted molar refractivity (Wildman–Crippen MR) is 122 cm³/mol. The Morgan fingerprint density at radius 1 is 1.07 bits per heavy atom. The highest BCUT2D eigenvalue weighted by Crippen LogP contribution is 2.26. The van der Waals surface area contributed by atoms with Crippen LogP contribution in [0, 0.1) is 0 Å². The van der Waals surface area contributed by atoms with Crippen LogP contribution in [0.25, 0.3) is 21.5 Å². The fraction of sp³-hybridized carbons (Fsp3) is 0.217. The monoisotopic (exact) mass is 436 g/mol. The Morgan fingerprint density at radius 2 is 1.83 bits per heavy atom. The lowest BCUT2D eigenvalue weighted by atomic mass is 10.2. The van der Waals surface area contributed by atoms with Gasteiger partial charge in [-0.2, -0.15) is 0 Å². The number of hydrogen-bond acceptors (Lipinski definition) is 4. The molecule has 3 heterocycles. The van der Waals surface area contributed by atoms with E-state index in [1.807, 2.05) is 59.5 Å². The zero-order valence-corrected chi connectivity index (χ0v) is 17.9. The summed E-state index contributed by atoms with van der Waals surface area (Å²) >= 11 is 7.63. The quantitative estimate of drug-likeness (QED) is 0.495. The topological polar surface area (TPSA) is 52.2 Å². The van der Waals surface area contributed by atoms with Gasteiger partial charge in [0.25, 0.3) is 5.91 Å². The number of thiazole rings is 1. The van der Waals surface area contributed by atoms with Crippen LogP contribution in [-0.4, -0.2) is 51.9 Å². The lowest BCUT2D eigenvalue weighted by Crippen LogP contribution is -2.48. The number of aromatic nitrogens is 2. The third kappa shape index (κ3) is 3.99. The van der Waals surface area contributed by atoms with Crippen LogP contribution < -0.4 is 0 Å². The van der Waals surface area contributed by atoms with Crippen LogP contribution in [0.3, 0.4) is 0 Å². The number of amides is 1. The van der Waals surface area contributed by atoms with Gasteiger partial charge in [-0.3, -0.25) is 9.69 Å². The second kappa shape index (κ2) is 8.22. The molecule has 2 aromatic heterocycles. The Balaban J connectivity index is 1.19. The average Bonchev–Trinajstić information content (AvgIpc) is 3.41. The summed E-state index contributed by atoms with van der Waals surface area (Å²) in [6, 6.07) is 17.7. The summed E-state index contributed by atoms with van der Waals surface area (Å²) in [5.74, 6) is 0.0736. The van der Waals surface area contributed by atoms with Gasteiger partial charge in [0.2, 0.25) is 0 Å². The number of nitrogens with one attached hydrogen (secondary N) is 1.